The predicted octanol–water partition coefficient (Wildman–Crippen LogP) is 2.01. The minimum absolute atomic E-state index is 0.456. The van der Waals surface area contributed by atoms with E-state index >= 15 is 0 Å². The Morgan fingerprint density at radius 1 is 1.31 bits per heavy atom. The molecular formula is C12H15N3O. The van der Waals surface area contributed by atoms with Crippen LogP contribution in [0, 0.1) is 13.8 Å². The van der Waals surface area contributed by atoms with Gasteiger partial charge in [0.05, 0.1) is 6.20 Å². The second kappa shape index (κ2) is 4.35. The Morgan fingerprint density at radius 3 is 2.81 bits per heavy atom. The van der Waals surface area contributed by atoms with E-state index in [1.807, 2.05) is 25.4 Å². The molecule has 0 fully saturated rings. The summed E-state index contributed by atoms with van der Waals surface area (Å²) in [6, 6.07) is 6.04. The summed E-state index contributed by atoms with van der Waals surface area (Å²) in [5, 5.41) is 7.83. The van der Waals surface area contributed by atoms with Gasteiger partial charge >= 0.3 is 0 Å². The summed E-state index contributed by atoms with van der Waals surface area (Å²) in [5.41, 5.74) is 3.24. The summed E-state index contributed by atoms with van der Waals surface area (Å²) in [6.07, 6.45) is 1.85. The highest BCUT2D eigenvalue weighted by Crippen LogP contribution is 2.21. The number of rotatable bonds is 3. The average Bonchev–Trinajstić information content (AvgIpc) is 2.67. The Labute approximate surface area is 94.9 Å². The van der Waals surface area contributed by atoms with Gasteiger partial charge in [0.2, 0.25) is 0 Å². The van der Waals surface area contributed by atoms with Gasteiger partial charge in [-0.3, -0.25) is 4.68 Å². The summed E-state index contributed by atoms with van der Waals surface area (Å²) in [5.74, 6) is 0.908. The Hall–Kier alpha value is -1.84. The van der Waals surface area contributed by atoms with Crippen molar-refractivity contribution in [2.45, 2.75) is 20.5 Å². The number of aryl methyl sites for hydroxylation is 2. The van der Waals surface area contributed by atoms with Gasteiger partial charge < -0.3 is 4.74 Å². The van der Waals surface area contributed by atoms with Gasteiger partial charge in [0, 0.05) is 7.05 Å². The quantitative estimate of drug-likeness (QED) is 0.789. The number of hydrogen-bond acceptors (Lipinski definition) is 3. The highest BCUT2D eigenvalue weighted by Gasteiger charge is 2.03. The maximum absolute atomic E-state index is 5.70. The van der Waals surface area contributed by atoms with Crippen molar-refractivity contribution in [3.8, 4) is 5.75 Å². The van der Waals surface area contributed by atoms with E-state index in [-0.39, 0.29) is 0 Å². The zero-order valence-electron chi connectivity index (χ0n) is 9.77. The van der Waals surface area contributed by atoms with E-state index in [0.29, 0.717) is 6.61 Å². The van der Waals surface area contributed by atoms with Crippen LogP contribution in [0.3, 0.4) is 0 Å². The van der Waals surface area contributed by atoms with Crippen LogP contribution in [0.15, 0.2) is 24.4 Å². The molecule has 1 aromatic carbocycles. The average molecular weight is 217 g/mol. The fourth-order valence-electron chi connectivity index (χ4n) is 1.49. The first-order chi connectivity index (χ1) is 7.66. The fraction of sp³-hybridized carbons (Fsp3) is 0.333. The highest BCUT2D eigenvalue weighted by molar-refractivity contribution is 5.38. The summed E-state index contributed by atoms with van der Waals surface area (Å²) < 4.78 is 7.37. The van der Waals surface area contributed by atoms with E-state index in [2.05, 4.69) is 30.2 Å². The smallest absolute Gasteiger partial charge is 0.134 e. The molecule has 4 nitrogen and oxygen atoms in total. The third-order valence-electron chi connectivity index (χ3n) is 2.58. The van der Waals surface area contributed by atoms with Gasteiger partial charge in [0.25, 0.3) is 0 Å². The van der Waals surface area contributed by atoms with Crippen LogP contribution in [0.1, 0.15) is 16.8 Å². The summed E-state index contributed by atoms with van der Waals surface area (Å²) in [6.45, 7) is 4.59. The third-order valence-corrected chi connectivity index (χ3v) is 2.58. The van der Waals surface area contributed by atoms with E-state index < -0.39 is 0 Å². The molecule has 2 aromatic rings. The van der Waals surface area contributed by atoms with Crippen LogP contribution < -0.4 is 4.74 Å². The Balaban J connectivity index is 2.07. The second-order valence-corrected chi connectivity index (χ2v) is 3.87. The minimum atomic E-state index is 0.456. The lowest BCUT2D eigenvalue weighted by atomic mass is 10.1. The molecule has 0 bridgehead atoms. The maximum Gasteiger partial charge on any atom is 0.134 e. The van der Waals surface area contributed by atoms with Gasteiger partial charge in [0.1, 0.15) is 18.1 Å². The lowest BCUT2D eigenvalue weighted by Crippen LogP contribution is -1.98. The molecule has 0 amide bonds. The summed E-state index contributed by atoms with van der Waals surface area (Å²) in [7, 11) is 1.84. The van der Waals surface area contributed by atoms with Crippen LogP contribution in [-0.2, 0) is 13.7 Å². The molecule has 0 atom stereocenters. The summed E-state index contributed by atoms with van der Waals surface area (Å²) in [4.78, 5) is 0. The molecule has 16 heavy (non-hydrogen) atoms. The molecule has 1 heterocycles. The molecule has 1 aromatic heterocycles. The molecule has 0 saturated heterocycles. The second-order valence-electron chi connectivity index (χ2n) is 3.87. The molecule has 0 spiro atoms. The van der Waals surface area contributed by atoms with Crippen LogP contribution in [-0.4, -0.2) is 15.0 Å². The largest absolute Gasteiger partial charge is 0.487 e. The lowest BCUT2D eigenvalue weighted by Gasteiger charge is -2.09. The first-order valence-corrected chi connectivity index (χ1v) is 5.21. The van der Waals surface area contributed by atoms with Crippen LogP contribution in [0.25, 0.3) is 0 Å². The molecular weight excluding hydrogens is 202 g/mol. The number of aromatic nitrogens is 3. The highest BCUT2D eigenvalue weighted by atomic mass is 16.5. The third kappa shape index (κ3) is 2.21. The Bertz CT molecular complexity index is 491. The lowest BCUT2D eigenvalue weighted by molar-refractivity contribution is 0.299. The van der Waals surface area contributed by atoms with Gasteiger partial charge in [-0.25, -0.2) is 0 Å². The van der Waals surface area contributed by atoms with E-state index in [1.165, 1.54) is 11.1 Å². The van der Waals surface area contributed by atoms with E-state index in [0.717, 1.165) is 11.4 Å². The number of nitrogens with zero attached hydrogens (tertiary/aromatic N) is 3. The first kappa shape index (κ1) is 10.7. The zero-order valence-corrected chi connectivity index (χ0v) is 9.77. The van der Waals surface area contributed by atoms with Crippen molar-refractivity contribution < 1.29 is 4.74 Å². The number of hydrogen-bond donors (Lipinski definition) is 0. The SMILES string of the molecule is Cc1cccc(OCc2cn(C)nn2)c1C. The number of ether oxygens (including phenoxy) is 1. The van der Waals surface area contributed by atoms with Gasteiger partial charge in [-0.05, 0) is 31.0 Å². The van der Waals surface area contributed by atoms with E-state index in [4.69, 9.17) is 4.74 Å². The van der Waals surface area contributed by atoms with Crippen molar-refractivity contribution in [1.82, 2.24) is 15.0 Å². The summed E-state index contributed by atoms with van der Waals surface area (Å²) >= 11 is 0. The molecule has 0 aliphatic heterocycles. The van der Waals surface area contributed by atoms with Gasteiger partial charge in [-0.1, -0.05) is 17.3 Å². The maximum atomic E-state index is 5.70. The topological polar surface area (TPSA) is 39.9 Å². The van der Waals surface area contributed by atoms with Crippen LogP contribution in [0.4, 0.5) is 0 Å². The van der Waals surface area contributed by atoms with Gasteiger partial charge in [0.15, 0.2) is 0 Å². The molecule has 0 aliphatic rings. The molecule has 84 valence electrons. The number of benzene rings is 1. The Kier molecular flexibility index (Phi) is 2.90. The minimum Gasteiger partial charge on any atom is -0.487 e. The molecule has 0 radical (unpaired) electrons. The monoisotopic (exact) mass is 217 g/mol. The fourth-order valence-corrected chi connectivity index (χ4v) is 1.49. The normalized spacial score (nSPS) is 10.4. The van der Waals surface area contributed by atoms with Gasteiger partial charge in [-0.15, -0.1) is 5.10 Å². The van der Waals surface area contributed by atoms with E-state index in [9.17, 15) is 0 Å². The molecule has 0 aliphatic carbocycles. The van der Waals surface area contributed by atoms with Crippen LogP contribution in [0.5, 0.6) is 5.75 Å². The standard InChI is InChI=1S/C12H15N3O/c1-9-5-4-6-12(10(9)2)16-8-11-7-15(3)14-13-11/h4-7H,8H2,1-3H3. The van der Waals surface area contributed by atoms with Crippen molar-refractivity contribution >= 4 is 0 Å². The Morgan fingerprint density at radius 2 is 2.12 bits per heavy atom. The van der Waals surface area contributed by atoms with Gasteiger partial charge in [-0.2, -0.15) is 0 Å². The molecule has 0 unspecified atom stereocenters. The van der Waals surface area contributed by atoms with Crippen LogP contribution >= 0.6 is 0 Å². The molecule has 4 heteroatoms. The van der Waals surface area contributed by atoms with Crippen molar-refractivity contribution in [3.63, 3.8) is 0 Å². The van der Waals surface area contributed by atoms with Crippen molar-refractivity contribution in [2.75, 3.05) is 0 Å². The molecule has 2 rings (SSSR count). The van der Waals surface area contributed by atoms with Crippen molar-refractivity contribution in [1.29, 1.82) is 0 Å². The van der Waals surface area contributed by atoms with Crippen molar-refractivity contribution in [3.05, 3.63) is 41.2 Å². The first-order valence-electron chi connectivity index (χ1n) is 5.21. The van der Waals surface area contributed by atoms with E-state index in [1.54, 1.807) is 4.68 Å². The predicted molar refractivity (Wildman–Crippen MR) is 61.3 cm³/mol. The molecule has 0 N–H and O–H groups in total. The van der Waals surface area contributed by atoms with Crippen molar-refractivity contribution in [2.24, 2.45) is 7.05 Å². The zero-order chi connectivity index (χ0) is 11.5. The van der Waals surface area contributed by atoms with Crippen LogP contribution in [0.2, 0.25) is 0 Å². The molecule has 0 saturated carbocycles.